The van der Waals surface area contributed by atoms with Crippen molar-refractivity contribution in [3.63, 3.8) is 0 Å². The Kier molecular flexibility index (Phi) is 9.72. The third-order valence-electron chi connectivity index (χ3n) is 5.82. The number of carboxylic acids is 1. The number of allylic oxidation sites excluding steroid dienone is 1. The lowest BCUT2D eigenvalue weighted by atomic mass is 9.82. The highest BCUT2D eigenvalue weighted by molar-refractivity contribution is 5.68. The first kappa shape index (κ1) is 24.0. The van der Waals surface area contributed by atoms with Crippen molar-refractivity contribution < 1.29 is 19.5 Å². The Morgan fingerprint density at radius 3 is 3.00 bits per heavy atom. The number of unbranched alkanes of at least 4 members (excludes halogenated alkanes) is 2. The van der Waals surface area contributed by atoms with Crippen molar-refractivity contribution in [3.05, 3.63) is 71.6 Å². The average molecular weight is 439 g/mol. The Bertz CT molecular complexity index is 869. The monoisotopic (exact) mass is 438 g/mol. The molecule has 2 unspecified atom stereocenters. The van der Waals surface area contributed by atoms with Gasteiger partial charge in [-0.3, -0.25) is 9.82 Å². The zero-order valence-corrected chi connectivity index (χ0v) is 18.8. The maximum absolute atomic E-state index is 10.9. The topological polar surface area (TPSA) is 80.7 Å². The molecule has 6 heteroatoms. The minimum atomic E-state index is -0.959. The van der Waals surface area contributed by atoms with Crippen LogP contribution >= 0.6 is 0 Å². The SMILES string of the molecule is CCCCCC(NOCC=CC1CCCc2c(OCC(=O)O)cccc21)c1cccnc1. The fraction of sp³-hybridized carbons (Fsp3) is 0.462. The number of nitrogens with zero attached hydrogens (tertiary/aromatic N) is 1. The number of aliphatic carboxylic acids is 1. The molecule has 0 saturated heterocycles. The predicted octanol–water partition coefficient (Wildman–Crippen LogP) is 5.36. The lowest BCUT2D eigenvalue weighted by Gasteiger charge is -2.25. The highest BCUT2D eigenvalue weighted by atomic mass is 16.6. The summed E-state index contributed by atoms with van der Waals surface area (Å²) < 4.78 is 5.50. The van der Waals surface area contributed by atoms with E-state index in [9.17, 15) is 4.79 Å². The number of fused-ring (bicyclic) bond motifs is 1. The number of carbonyl (C=O) groups is 1. The van der Waals surface area contributed by atoms with Crippen LogP contribution in [0.5, 0.6) is 5.75 Å². The maximum atomic E-state index is 10.9. The van der Waals surface area contributed by atoms with Crippen LogP contribution in [0.15, 0.2) is 54.9 Å². The lowest BCUT2D eigenvalue weighted by molar-refractivity contribution is -0.139. The van der Waals surface area contributed by atoms with Gasteiger partial charge >= 0.3 is 5.97 Å². The number of hydrogen-bond acceptors (Lipinski definition) is 5. The molecular weight excluding hydrogens is 404 g/mol. The standard InChI is InChI=1S/C26H34N2O4/c1-2-3-4-14-24(21-10-7-16-27-18-21)28-32-17-8-11-20-9-5-13-23-22(20)12-6-15-25(23)31-19-26(29)30/h6-8,10-12,15-16,18,20,24,28H,2-5,9,13-14,17,19H2,1H3,(H,29,30). The molecule has 6 nitrogen and oxygen atoms in total. The number of benzene rings is 1. The lowest BCUT2D eigenvalue weighted by Crippen LogP contribution is -2.22. The normalized spacial score (nSPS) is 16.6. The van der Waals surface area contributed by atoms with E-state index in [1.165, 1.54) is 18.4 Å². The van der Waals surface area contributed by atoms with Crippen molar-refractivity contribution in [3.8, 4) is 5.75 Å². The minimum Gasteiger partial charge on any atom is -0.482 e. The van der Waals surface area contributed by atoms with Crippen molar-refractivity contribution >= 4 is 5.97 Å². The van der Waals surface area contributed by atoms with E-state index in [2.05, 4.69) is 41.7 Å². The number of carboxylic acid groups (broad SMARTS) is 1. The average Bonchev–Trinajstić information content (AvgIpc) is 2.82. The van der Waals surface area contributed by atoms with E-state index in [1.807, 2.05) is 24.4 Å². The van der Waals surface area contributed by atoms with E-state index in [0.29, 0.717) is 12.4 Å². The van der Waals surface area contributed by atoms with Crippen LogP contribution < -0.4 is 10.2 Å². The number of pyridine rings is 1. The molecule has 0 amide bonds. The van der Waals surface area contributed by atoms with Gasteiger partial charge < -0.3 is 9.84 Å². The Morgan fingerprint density at radius 1 is 1.31 bits per heavy atom. The molecule has 1 heterocycles. The van der Waals surface area contributed by atoms with Crippen molar-refractivity contribution in [1.29, 1.82) is 0 Å². The smallest absolute Gasteiger partial charge is 0.341 e. The van der Waals surface area contributed by atoms with Crippen LogP contribution in [-0.2, 0) is 16.1 Å². The van der Waals surface area contributed by atoms with Gasteiger partial charge in [0.1, 0.15) is 5.75 Å². The van der Waals surface area contributed by atoms with Crippen molar-refractivity contribution in [2.45, 2.75) is 63.8 Å². The van der Waals surface area contributed by atoms with Gasteiger partial charge in [0, 0.05) is 18.3 Å². The predicted molar refractivity (Wildman–Crippen MR) is 125 cm³/mol. The van der Waals surface area contributed by atoms with Crippen LogP contribution in [0, 0.1) is 0 Å². The number of rotatable bonds is 13. The van der Waals surface area contributed by atoms with E-state index >= 15 is 0 Å². The fourth-order valence-electron chi connectivity index (χ4n) is 4.22. The molecule has 1 aromatic carbocycles. The van der Waals surface area contributed by atoms with Gasteiger partial charge in [0.25, 0.3) is 0 Å². The van der Waals surface area contributed by atoms with Gasteiger partial charge in [0.05, 0.1) is 12.6 Å². The van der Waals surface area contributed by atoms with E-state index in [0.717, 1.165) is 43.2 Å². The number of hydrogen-bond donors (Lipinski definition) is 2. The quantitative estimate of drug-likeness (QED) is 0.249. The van der Waals surface area contributed by atoms with Gasteiger partial charge in [-0.05, 0) is 54.5 Å². The number of ether oxygens (including phenoxy) is 1. The first-order valence-electron chi connectivity index (χ1n) is 11.6. The summed E-state index contributed by atoms with van der Waals surface area (Å²) in [4.78, 5) is 20.9. The molecule has 1 aliphatic rings. The molecule has 32 heavy (non-hydrogen) atoms. The summed E-state index contributed by atoms with van der Waals surface area (Å²) in [6.07, 6.45) is 15.5. The second kappa shape index (κ2) is 13.0. The van der Waals surface area contributed by atoms with E-state index < -0.39 is 5.97 Å². The molecule has 3 rings (SSSR count). The van der Waals surface area contributed by atoms with Crippen LogP contribution in [0.4, 0.5) is 0 Å². The molecule has 0 radical (unpaired) electrons. The van der Waals surface area contributed by atoms with Crippen LogP contribution in [-0.4, -0.2) is 29.3 Å². The summed E-state index contributed by atoms with van der Waals surface area (Å²) in [6, 6.07) is 10.1. The zero-order valence-electron chi connectivity index (χ0n) is 18.8. The summed E-state index contributed by atoms with van der Waals surface area (Å²) in [5.74, 6) is 0.0144. The van der Waals surface area contributed by atoms with E-state index in [4.69, 9.17) is 14.7 Å². The molecular formula is C26H34N2O4. The number of nitrogens with one attached hydrogen (secondary N) is 1. The van der Waals surface area contributed by atoms with Crippen molar-refractivity contribution in [2.24, 2.45) is 0 Å². The van der Waals surface area contributed by atoms with Gasteiger partial charge in [0.15, 0.2) is 6.61 Å². The largest absolute Gasteiger partial charge is 0.482 e. The molecule has 2 N–H and O–H groups in total. The van der Waals surface area contributed by atoms with Crippen molar-refractivity contribution in [2.75, 3.05) is 13.2 Å². The van der Waals surface area contributed by atoms with Crippen LogP contribution in [0.2, 0.25) is 0 Å². The molecule has 0 saturated carbocycles. The first-order valence-corrected chi connectivity index (χ1v) is 11.6. The summed E-state index contributed by atoms with van der Waals surface area (Å²) in [5, 5.41) is 8.91. The van der Waals surface area contributed by atoms with Gasteiger partial charge in [-0.15, -0.1) is 0 Å². The molecule has 0 fully saturated rings. The molecule has 172 valence electrons. The van der Waals surface area contributed by atoms with Crippen LogP contribution in [0.25, 0.3) is 0 Å². The Balaban J connectivity index is 1.55. The van der Waals surface area contributed by atoms with Crippen LogP contribution in [0.3, 0.4) is 0 Å². The second-order valence-corrected chi connectivity index (χ2v) is 8.20. The molecule has 2 atom stereocenters. The summed E-state index contributed by atoms with van der Waals surface area (Å²) in [7, 11) is 0. The Hall–Kier alpha value is -2.70. The Morgan fingerprint density at radius 2 is 2.22 bits per heavy atom. The third kappa shape index (κ3) is 7.18. The van der Waals surface area contributed by atoms with Gasteiger partial charge in [-0.1, -0.05) is 56.5 Å². The highest BCUT2D eigenvalue weighted by Gasteiger charge is 2.21. The second-order valence-electron chi connectivity index (χ2n) is 8.20. The minimum absolute atomic E-state index is 0.132. The fourth-order valence-corrected chi connectivity index (χ4v) is 4.22. The maximum Gasteiger partial charge on any atom is 0.341 e. The highest BCUT2D eigenvalue weighted by Crippen LogP contribution is 2.37. The molecule has 0 aliphatic heterocycles. The third-order valence-corrected chi connectivity index (χ3v) is 5.82. The summed E-state index contributed by atoms with van der Waals surface area (Å²) in [6.45, 7) is 2.37. The molecule has 2 aromatic rings. The molecule has 0 bridgehead atoms. The van der Waals surface area contributed by atoms with Gasteiger partial charge in [-0.2, -0.15) is 5.48 Å². The number of aromatic nitrogens is 1. The molecule has 0 spiro atoms. The van der Waals surface area contributed by atoms with Crippen molar-refractivity contribution in [1.82, 2.24) is 10.5 Å². The van der Waals surface area contributed by atoms with Gasteiger partial charge in [-0.25, -0.2) is 4.79 Å². The van der Waals surface area contributed by atoms with Gasteiger partial charge in [0.2, 0.25) is 0 Å². The number of hydroxylamine groups is 1. The summed E-state index contributed by atoms with van der Waals surface area (Å²) in [5.41, 5.74) is 6.71. The van der Waals surface area contributed by atoms with E-state index in [1.54, 1.807) is 6.20 Å². The Labute approximate surface area is 190 Å². The zero-order chi connectivity index (χ0) is 22.6. The van der Waals surface area contributed by atoms with Crippen LogP contribution in [0.1, 0.15) is 74.1 Å². The summed E-state index contributed by atoms with van der Waals surface area (Å²) >= 11 is 0. The molecule has 1 aliphatic carbocycles. The first-order chi connectivity index (χ1) is 15.7. The molecule has 1 aromatic heterocycles. The van der Waals surface area contributed by atoms with E-state index in [-0.39, 0.29) is 18.6 Å².